The summed E-state index contributed by atoms with van der Waals surface area (Å²) in [5, 5.41) is 10.5. The Kier molecular flexibility index (Phi) is 3.79. The number of nitro benzene ring substituents is 1. The van der Waals surface area contributed by atoms with Crippen molar-refractivity contribution in [3.05, 3.63) is 34.4 Å². The maximum Gasteiger partial charge on any atom is 0.514 e. The number of carbonyl (C=O) groups is 2. The van der Waals surface area contributed by atoms with Gasteiger partial charge in [-0.2, -0.15) is 0 Å². The second kappa shape index (κ2) is 5.39. The van der Waals surface area contributed by atoms with Gasteiger partial charge in [0.2, 0.25) is 6.10 Å². The molecule has 0 spiro atoms. The van der Waals surface area contributed by atoms with E-state index in [1.807, 2.05) is 0 Å². The lowest BCUT2D eigenvalue weighted by atomic mass is 9.90. The second-order valence-corrected chi connectivity index (χ2v) is 5.20. The first-order valence-electron chi connectivity index (χ1n) is 6.09. The summed E-state index contributed by atoms with van der Waals surface area (Å²) in [4.78, 5) is 33.0. The standard InChI is InChI=1S/C13H13NO7/c1-13(2)7-19-11(15)10(13)21-12(16)20-9-5-3-8(4-6-9)14(17)18/h3-6,10H,7H2,1-2H3/t10-/m1/s1. The predicted octanol–water partition coefficient (Wildman–Crippen LogP) is 2.06. The third-order valence-corrected chi connectivity index (χ3v) is 2.97. The highest BCUT2D eigenvalue weighted by atomic mass is 16.7. The smallest absolute Gasteiger partial charge is 0.462 e. The van der Waals surface area contributed by atoms with E-state index in [0.29, 0.717) is 0 Å². The number of hydrogen-bond acceptors (Lipinski definition) is 7. The van der Waals surface area contributed by atoms with Crippen molar-refractivity contribution in [2.45, 2.75) is 20.0 Å². The number of nitrogens with zero attached hydrogens (tertiary/aromatic N) is 1. The molecule has 1 aromatic carbocycles. The van der Waals surface area contributed by atoms with Crippen molar-refractivity contribution in [2.24, 2.45) is 5.41 Å². The fraction of sp³-hybridized carbons (Fsp3) is 0.385. The lowest BCUT2D eigenvalue weighted by Crippen LogP contribution is -2.35. The van der Waals surface area contributed by atoms with Crippen LogP contribution in [-0.4, -0.2) is 29.8 Å². The van der Waals surface area contributed by atoms with Gasteiger partial charge in [0.25, 0.3) is 5.69 Å². The van der Waals surface area contributed by atoms with Gasteiger partial charge < -0.3 is 14.2 Å². The Morgan fingerprint density at radius 2 is 2.00 bits per heavy atom. The molecule has 1 atom stereocenters. The predicted molar refractivity (Wildman–Crippen MR) is 68.7 cm³/mol. The van der Waals surface area contributed by atoms with Gasteiger partial charge in [-0.3, -0.25) is 10.1 Å². The summed E-state index contributed by atoms with van der Waals surface area (Å²) in [7, 11) is 0. The number of rotatable bonds is 3. The van der Waals surface area contributed by atoms with E-state index in [9.17, 15) is 19.7 Å². The molecule has 0 aromatic heterocycles. The molecule has 0 unspecified atom stereocenters. The van der Waals surface area contributed by atoms with E-state index in [2.05, 4.69) is 0 Å². The summed E-state index contributed by atoms with van der Waals surface area (Å²) in [5.74, 6) is -0.546. The normalized spacial score (nSPS) is 19.7. The summed E-state index contributed by atoms with van der Waals surface area (Å²) in [6.45, 7) is 3.60. The Labute approximate surface area is 119 Å². The van der Waals surface area contributed by atoms with Gasteiger partial charge in [0.15, 0.2) is 0 Å². The number of non-ortho nitro benzene ring substituents is 1. The Morgan fingerprint density at radius 1 is 1.38 bits per heavy atom. The maximum atomic E-state index is 11.6. The van der Waals surface area contributed by atoms with Crippen LogP contribution in [0.25, 0.3) is 0 Å². The first-order chi connectivity index (χ1) is 9.79. The van der Waals surface area contributed by atoms with Crippen LogP contribution in [0.3, 0.4) is 0 Å². The molecule has 1 fully saturated rings. The van der Waals surface area contributed by atoms with Crippen LogP contribution in [0.15, 0.2) is 24.3 Å². The van der Waals surface area contributed by atoms with Crippen LogP contribution in [0.2, 0.25) is 0 Å². The van der Waals surface area contributed by atoms with Gasteiger partial charge in [0.05, 0.1) is 4.92 Å². The molecular weight excluding hydrogens is 282 g/mol. The summed E-state index contributed by atoms with van der Waals surface area (Å²) in [6.07, 6.45) is -2.11. The Balaban J connectivity index is 1.98. The molecule has 8 heteroatoms. The molecule has 8 nitrogen and oxygen atoms in total. The van der Waals surface area contributed by atoms with Crippen molar-refractivity contribution in [1.82, 2.24) is 0 Å². The van der Waals surface area contributed by atoms with Crippen LogP contribution in [0.4, 0.5) is 10.5 Å². The van der Waals surface area contributed by atoms with Crippen LogP contribution in [0.5, 0.6) is 5.75 Å². The Morgan fingerprint density at radius 3 is 2.48 bits per heavy atom. The summed E-state index contributed by atoms with van der Waals surface area (Å²) in [5.41, 5.74) is -0.762. The molecule has 0 saturated carbocycles. The van der Waals surface area contributed by atoms with Gasteiger partial charge in [-0.05, 0) is 12.1 Å². The number of ether oxygens (including phenoxy) is 3. The zero-order chi connectivity index (χ0) is 15.6. The van der Waals surface area contributed by atoms with E-state index in [1.165, 1.54) is 24.3 Å². The van der Waals surface area contributed by atoms with E-state index in [-0.39, 0.29) is 18.0 Å². The van der Waals surface area contributed by atoms with Gasteiger partial charge in [0, 0.05) is 17.5 Å². The van der Waals surface area contributed by atoms with Gasteiger partial charge in [-0.1, -0.05) is 13.8 Å². The average molecular weight is 295 g/mol. The van der Waals surface area contributed by atoms with Crippen LogP contribution in [-0.2, 0) is 14.3 Å². The number of nitro groups is 1. The monoisotopic (exact) mass is 295 g/mol. The fourth-order valence-electron chi connectivity index (χ4n) is 1.79. The highest BCUT2D eigenvalue weighted by Crippen LogP contribution is 2.31. The van der Waals surface area contributed by atoms with Crippen LogP contribution in [0.1, 0.15) is 13.8 Å². The fourth-order valence-corrected chi connectivity index (χ4v) is 1.79. The van der Waals surface area contributed by atoms with Crippen LogP contribution >= 0.6 is 0 Å². The Bertz CT molecular complexity index is 579. The van der Waals surface area contributed by atoms with Crippen molar-refractivity contribution in [3.8, 4) is 5.75 Å². The number of cyclic esters (lactones) is 1. The van der Waals surface area contributed by atoms with Gasteiger partial charge in [-0.25, -0.2) is 9.59 Å². The van der Waals surface area contributed by atoms with Crippen molar-refractivity contribution in [2.75, 3.05) is 6.61 Å². The minimum atomic E-state index is -1.07. The highest BCUT2D eigenvalue weighted by molar-refractivity contribution is 5.80. The molecule has 1 aliphatic heterocycles. The maximum absolute atomic E-state index is 11.6. The molecule has 1 saturated heterocycles. The zero-order valence-corrected chi connectivity index (χ0v) is 11.4. The molecule has 0 bridgehead atoms. The van der Waals surface area contributed by atoms with Crippen LogP contribution in [0, 0.1) is 15.5 Å². The van der Waals surface area contributed by atoms with Crippen molar-refractivity contribution >= 4 is 17.8 Å². The van der Waals surface area contributed by atoms with Gasteiger partial charge in [0.1, 0.15) is 12.4 Å². The first-order valence-corrected chi connectivity index (χ1v) is 6.09. The van der Waals surface area contributed by atoms with E-state index in [0.717, 1.165) is 0 Å². The highest BCUT2D eigenvalue weighted by Gasteiger charge is 2.47. The molecule has 112 valence electrons. The van der Waals surface area contributed by atoms with Crippen molar-refractivity contribution < 1.29 is 28.7 Å². The lowest BCUT2D eigenvalue weighted by molar-refractivity contribution is -0.384. The number of carbonyl (C=O) groups excluding carboxylic acids is 2. The third kappa shape index (κ3) is 3.28. The van der Waals surface area contributed by atoms with Crippen molar-refractivity contribution in [3.63, 3.8) is 0 Å². The van der Waals surface area contributed by atoms with E-state index < -0.39 is 28.6 Å². The van der Waals surface area contributed by atoms with E-state index >= 15 is 0 Å². The molecule has 0 amide bonds. The minimum Gasteiger partial charge on any atom is -0.462 e. The zero-order valence-electron chi connectivity index (χ0n) is 11.4. The average Bonchev–Trinajstić information content (AvgIpc) is 2.66. The molecule has 0 aliphatic carbocycles. The quantitative estimate of drug-likeness (QED) is 0.363. The molecule has 1 aliphatic rings. The second-order valence-electron chi connectivity index (χ2n) is 5.20. The molecular formula is C13H13NO7. The van der Waals surface area contributed by atoms with Crippen molar-refractivity contribution in [1.29, 1.82) is 0 Å². The summed E-state index contributed by atoms with van der Waals surface area (Å²) >= 11 is 0. The summed E-state index contributed by atoms with van der Waals surface area (Å²) in [6, 6.07) is 4.90. The first kappa shape index (κ1) is 14.8. The minimum absolute atomic E-state index is 0.0785. The topological polar surface area (TPSA) is 105 Å². The molecule has 1 aromatic rings. The Hall–Kier alpha value is -2.64. The van der Waals surface area contributed by atoms with E-state index in [1.54, 1.807) is 13.8 Å². The van der Waals surface area contributed by atoms with Crippen LogP contribution < -0.4 is 4.74 Å². The van der Waals surface area contributed by atoms with Gasteiger partial charge >= 0.3 is 12.1 Å². The molecule has 21 heavy (non-hydrogen) atoms. The molecule has 0 radical (unpaired) electrons. The van der Waals surface area contributed by atoms with Gasteiger partial charge in [-0.15, -0.1) is 0 Å². The largest absolute Gasteiger partial charge is 0.514 e. The lowest BCUT2D eigenvalue weighted by Gasteiger charge is -2.20. The number of hydrogen-bond donors (Lipinski definition) is 0. The number of esters is 1. The summed E-state index contributed by atoms with van der Waals surface area (Å²) < 4.78 is 14.6. The number of benzene rings is 1. The van der Waals surface area contributed by atoms with E-state index in [4.69, 9.17) is 14.2 Å². The molecule has 1 heterocycles. The SMILES string of the molecule is CC1(C)COC(=O)[C@H]1OC(=O)Oc1ccc([N+](=O)[O-])cc1. The molecule has 2 rings (SSSR count). The molecule has 0 N–H and O–H groups in total. The third-order valence-electron chi connectivity index (χ3n) is 2.97.